The van der Waals surface area contributed by atoms with Crippen LogP contribution >= 0.6 is 0 Å². The lowest BCUT2D eigenvalue weighted by atomic mass is 9.44. The molecule has 0 aromatic carbocycles. The number of aliphatic hydroxyl groups is 2. The van der Waals surface area contributed by atoms with Gasteiger partial charge in [-0.15, -0.1) is 0 Å². The predicted octanol–water partition coefficient (Wildman–Crippen LogP) is 4.63. The Morgan fingerprint density at radius 2 is 1.81 bits per heavy atom. The summed E-state index contributed by atoms with van der Waals surface area (Å²) in [6.45, 7) is 11.1. The number of rotatable bonds is 2. The summed E-state index contributed by atoms with van der Waals surface area (Å²) in [5, 5.41) is 24.6. The zero-order valence-electron chi connectivity index (χ0n) is 18.1. The third-order valence-corrected chi connectivity index (χ3v) is 9.42. The van der Waals surface area contributed by atoms with Gasteiger partial charge >= 0.3 is 0 Å². The van der Waals surface area contributed by atoms with Crippen LogP contribution in [-0.4, -0.2) is 28.1 Å². The van der Waals surface area contributed by atoms with Crippen LogP contribution < -0.4 is 5.32 Å². The van der Waals surface area contributed by atoms with Crippen LogP contribution in [-0.2, 0) is 0 Å². The summed E-state index contributed by atoms with van der Waals surface area (Å²) < 4.78 is 0. The largest absolute Gasteiger partial charge is 0.393 e. The van der Waals surface area contributed by atoms with Crippen LogP contribution in [0.15, 0.2) is 11.6 Å². The second-order valence-corrected chi connectivity index (χ2v) is 11.3. The Balaban J connectivity index is 1.72. The zero-order chi connectivity index (χ0) is 19.6. The summed E-state index contributed by atoms with van der Waals surface area (Å²) in [4.78, 5) is 0. The molecular weight excluding hydrogens is 334 g/mol. The minimum absolute atomic E-state index is 0.127. The summed E-state index contributed by atoms with van der Waals surface area (Å²) in [7, 11) is 0. The van der Waals surface area contributed by atoms with E-state index >= 15 is 0 Å². The van der Waals surface area contributed by atoms with Crippen molar-refractivity contribution < 1.29 is 10.2 Å². The molecule has 0 bridgehead atoms. The second-order valence-electron chi connectivity index (χ2n) is 11.3. The minimum atomic E-state index is -0.841. The molecule has 4 saturated carbocycles. The van der Waals surface area contributed by atoms with E-state index in [9.17, 15) is 10.2 Å². The number of hydrogen-bond donors (Lipinski definition) is 3. The molecule has 0 radical (unpaired) electrons. The SMILES string of the molecule is C/C=C1/CCC2C3C(CC[C@]12C)[C@@]1(C)CC[C@@H](O)CC1C[C@@H]3NC(C)(C)O. The van der Waals surface area contributed by atoms with Crippen LogP contribution in [0.3, 0.4) is 0 Å². The molecule has 0 spiro atoms. The van der Waals surface area contributed by atoms with Gasteiger partial charge in [-0.3, -0.25) is 5.32 Å². The van der Waals surface area contributed by atoms with Crippen LogP contribution in [0, 0.1) is 34.5 Å². The van der Waals surface area contributed by atoms with E-state index in [4.69, 9.17) is 0 Å². The summed E-state index contributed by atoms with van der Waals surface area (Å²) in [5.74, 6) is 2.67. The lowest BCUT2D eigenvalue weighted by Crippen LogP contribution is -2.63. The van der Waals surface area contributed by atoms with E-state index in [2.05, 4.69) is 32.2 Å². The predicted molar refractivity (Wildman–Crippen MR) is 110 cm³/mol. The average molecular weight is 376 g/mol. The molecule has 4 unspecified atom stereocenters. The number of hydrogen-bond acceptors (Lipinski definition) is 3. The number of nitrogens with one attached hydrogen (secondary N) is 1. The first-order valence-corrected chi connectivity index (χ1v) is 11.4. The molecule has 0 heterocycles. The van der Waals surface area contributed by atoms with Crippen molar-refractivity contribution in [1.29, 1.82) is 0 Å². The molecule has 0 aliphatic heterocycles. The quantitative estimate of drug-likeness (QED) is 0.487. The van der Waals surface area contributed by atoms with Crippen LogP contribution in [0.4, 0.5) is 0 Å². The first-order valence-electron chi connectivity index (χ1n) is 11.4. The van der Waals surface area contributed by atoms with E-state index in [-0.39, 0.29) is 6.10 Å². The molecule has 0 amide bonds. The molecule has 3 heteroatoms. The van der Waals surface area contributed by atoms with Gasteiger partial charge in [-0.2, -0.15) is 0 Å². The van der Waals surface area contributed by atoms with Gasteiger partial charge in [0, 0.05) is 6.04 Å². The molecule has 3 N–H and O–H groups in total. The Kier molecular flexibility index (Phi) is 4.85. The monoisotopic (exact) mass is 375 g/mol. The Morgan fingerprint density at radius 1 is 1.07 bits per heavy atom. The first kappa shape index (κ1) is 19.9. The standard InChI is InChI=1S/C24H41NO2/c1-6-15-7-8-18-21-19(10-12-23(15,18)4)24(5)11-9-17(26)13-16(24)14-20(21)25-22(2,3)27/h6,16-21,25-27H,7-14H2,1-5H3/b15-6-/t16?,17-,18?,19?,20+,21?,23-,24+/m1/s1. The number of aliphatic hydroxyl groups excluding tert-OH is 1. The van der Waals surface area contributed by atoms with E-state index in [1.807, 2.05) is 13.8 Å². The fourth-order valence-corrected chi connectivity index (χ4v) is 8.17. The van der Waals surface area contributed by atoms with E-state index in [1.54, 1.807) is 5.57 Å². The van der Waals surface area contributed by atoms with Crippen LogP contribution in [0.2, 0.25) is 0 Å². The summed E-state index contributed by atoms with van der Waals surface area (Å²) in [6.07, 6.45) is 11.7. The first-order chi connectivity index (χ1) is 12.6. The highest BCUT2D eigenvalue weighted by atomic mass is 16.3. The van der Waals surface area contributed by atoms with Crippen molar-refractivity contribution in [3.8, 4) is 0 Å². The number of allylic oxidation sites excluding steroid dienone is 2. The van der Waals surface area contributed by atoms with Crippen molar-refractivity contribution in [3.63, 3.8) is 0 Å². The van der Waals surface area contributed by atoms with Gasteiger partial charge in [0.2, 0.25) is 0 Å². The molecule has 0 aromatic heterocycles. The average Bonchev–Trinajstić information content (AvgIpc) is 2.91. The maximum absolute atomic E-state index is 10.6. The molecule has 8 atom stereocenters. The lowest BCUT2D eigenvalue weighted by Gasteiger charge is -2.63. The minimum Gasteiger partial charge on any atom is -0.393 e. The van der Waals surface area contributed by atoms with Gasteiger partial charge in [-0.05, 0) is 107 Å². The molecule has 154 valence electrons. The molecule has 4 aliphatic rings. The normalized spacial score (nSPS) is 51.6. The fourth-order valence-electron chi connectivity index (χ4n) is 8.17. The highest BCUT2D eigenvalue weighted by Gasteiger charge is 2.61. The van der Waals surface area contributed by atoms with Crippen molar-refractivity contribution in [1.82, 2.24) is 5.32 Å². The zero-order valence-corrected chi connectivity index (χ0v) is 18.1. The van der Waals surface area contributed by atoms with Gasteiger partial charge in [-0.25, -0.2) is 0 Å². The second kappa shape index (κ2) is 6.57. The molecule has 0 aromatic rings. The Labute approximate surface area is 166 Å². The smallest absolute Gasteiger partial charge is 0.110 e. The third kappa shape index (κ3) is 3.13. The highest BCUT2D eigenvalue weighted by molar-refractivity contribution is 5.24. The fraction of sp³-hybridized carbons (Fsp3) is 0.917. The van der Waals surface area contributed by atoms with Crippen molar-refractivity contribution in [2.24, 2.45) is 34.5 Å². The molecule has 4 rings (SSSR count). The molecule has 27 heavy (non-hydrogen) atoms. The van der Waals surface area contributed by atoms with Gasteiger partial charge in [0.1, 0.15) is 5.72 Å². The maximum Gasteiger partial charge on any atom is 0.110 e. The van der Waals surface area contributed by atoms with Crippen LogP contribution in [0.25, 0.3) is 0 Å². The third-order valence-electron chi connectivity index (χ3n) is 9.42. The van der Waals surface area contributed by atoms with Gasteiger partial charge in [0.25, 0.3) is 0 Å². The van der Waals surface area contributed by atoms with Gasteiger partial charge in [0.15, 0.2) is 0 Å². The number of fused-ring (bicyclic) bond motifs is 5. The molecule has 4 aliphatic carbocycles. The van der Waals surface area contributed by atoms with Crippen molar-refractivity contribution in [2.75, 3.05) is 0 Å². The van der Waals surface area contributed by atoms with Gasteiger partial charge < -0.3 is 10.2 Å². The lowest BCUT2D eigenvalue weighted by molar-refractivity contribution is -0.141. The molecule has 0 saturated heterocycles. The van der Waals surface area contributed by atoms with E-state index < -0.39 is 5.72 Å². The van der Waals surface area contributed by atoms with Gasteiger partial charge in [-0.1, -0.05) is 25.5 Å². The van der Waals surface area contributed by atoms with Gasteiger partial charge in [0.05, 0.1) is 6.10 Å². The Hall–Kier alpha value is -0.380. The molecule has 4 fully saturated rings. The molecular formula is C24H41NO2. The van der Waals surface area contributed by atoms with Crippen molar-refractivity contribution >= 4 is 0 Å². The molecule has 3 nitrogen and oxygen atoms in total. The summed E-state index contributed by atoms with van der Waals surface area (Å²) in [5.41, 5.74) is 1.56. The van der Waals surface area contributed by atoms with E-state index in [0.29, 0.717) is 28.7 Å². The van der Waals surface area contributed by atoms with E-state index in [0.717, 1.165) is 31.1 Å². The van der Waals surface area contributed by atoms with Crippen molar-refractivity contribution in [2.45, 2.75) is 104 Å². The topological polar surface area (TPSA) is 52.5 Å². The maximum atomic E-state index is 10.6. The summed E-state index contributed by atoms with van der Waals surface area (Å²) >= 11 is 0. The Bertz CT molecular complexity index is 608. The van der Waals surface area contributed by atoms with E-state index in [1.165, 1.54) is 32.1 Å². The Morgan fingerprint density at radius 3 is 2.48 bits per heavy atom. The highest BCUT2D eigenvalue weighted by Crippen LogP contribution is 2.67. The van der Waals surface area contributed by atoms with Crippen LogP contribution in [0.5, 0.6) is 0 Å². The summed E-state index contributed by atoms with van der Waals surface area (Å²) in [6, 6.07) is 0.360. The van der Waals surface area contributed by atoms with Crippen molar-refractivity contribution in [3.05, 3.63) is 11.6 Å². The van der Waals surface area contributed by atoms with Crippen LogP contribution in [0.1, 0.15) is 86.0 Å².